The molecule has 0 N–H and O–H groups in total. The zero-order chi connectivity index (χ0) is 15.9. The van der Waals surface area contributed by atoms with Gasteiger partial charge in [0, 0.05) is 23.8 Å². The standard InChI is InChI=1S/C16H13NO5/c1-2-10-21-16(18)9-7-14-6-8-15(22-14)12-4-3-5-13(11-12)17(19)20/h2-9,11H,1,10H2/b9-7+. The Bertz CT molecular complexity index is 730. The van der Waals surface area contributed by atoms with Crippen LogP contribution in [-0.2, 0) is 9.53 Å². The SMILES string of the molecule is C=CCOC(=O)/C=C/c1ccc(-c2cccc([N+](=O)[O-])c2)o1. The zero-order valence-corrected chi connectivity index (χ0v) is 11.6. The van der Waals surface area contributed by atoms with Crippen LogP contribution in [0.1, 0.15) is 5.76 Å². The van der Waals surface area contributed by atoms with Crippen molar-refractivity contribution in [3.05, 3.63) is 71.0 Å². The van der Waals surface area contributed by atoms with E-state index in [1.807, 2.05) is 0 Å². The van der Waals surface area contributed by atoms with E-state index in [2.05, 4.69) is 6.58 Å². The van der Waals surface area contributed by atoms with Crippen molar-refractivity contribution in [3.63, 3.8) is 0 Å². The number of esters is 1. The van der Waals surface area contributed by atoms with E-state index < -0.39 is 10.9 Å². The summed E-state index contributed by atoms with van der Waals surface area (Å²) in [6.45, 7) is 3.58. The van der Waals surface area contributed by atoms with Crippen molar-refractivity contribution in [2.45, 2.75) is 0 Å². The second-order valence-corrected chi connectivity index (χ2v) is 4.26. The molecule has 0 fully saturated rings. The van der Waals surface area contributed by atoms with E-state index >= 15 is 0 Å². The van der Waals surface area contributed by atoms with Crippen molar-refractivity contribution in [2.75, 3.05) is 6.61 Å². The van der Waals surface area contributed by atoms with E-state index in [4.69, 9.17) is 9.15 Å². The molecule has 0 saturated carbocycles. The molecule has 0 amide bonds. The van der Waals surface area contributed by atoms with Gasteiger partial charge in [-0.1, -0.05) is 24.8 Å². The van der Waals surface area contributed by atoms with Gasteiger partial charge in [0.1, 0.15) is 18.1 Å². The Morgan fingerprint density at radius 3 is 2.91 bits per heavy atom. The minimum Gasteiger partial charge on any atom is -0.458 e. The molecule has 0 spiro atoms. The molecule has 0 bridgehead atoms. The summed E-state index contributed by atoms with van der Waals surface area (Å²) in [6, 6.07) is 9.45. The lowest BCUT2D eigenvalue weighted by molar-refractivity contribution is -0.384. The highest BCUT2D eigenvalue weighted by atomic mass is 16.6. The van der Waals surface area contributed by atoms with Gasteiger partial charge in [-0.3, -0.25) is 10.1 Å². The van der Waals surface area contributed by atoms with Gasteiger partial charge in [0.25, 0.3) is 5.69 Å². The van der Waals surface area contributed by atoms with E-state index in [0.29, 0.717) is 17.1 Å². The molecule has 0 unspecified atom stereocenters. The van der Waals surface area contributed by atoms with Crippen LogP contribution in [0.5, 0.6) is 0 Å². The first-order chi connectivity index (χ1) is 10.6. The van der Waals surface area contributed by atoms with Crippen LogP contribution < -0.4 is 0 Å². The Morgan fingerprint density at radius 1 is 1.36 bits per heavy atom. The molecule has 6 nitrogen and oxygen atoms in total. The zero-order valence-electron chi connectivity index (χ0n) is 11.6. The quantitative estimate of drug-likeness (QED) is 0.267. The Hall–Kier alpha value is -3.15. The van der Waals surface area contributed by atoms with Crippen LogP contribution in [0, 0.1) is 10.1 Å². The normalized spacial score (nSPS) is 10.5. The molecule has 0 aliphatic heterocycles. The summed E-state index contributed by atoms with van der Waals surface area (Å²) >= 11 is 0. The molecule has 0 saturated heterocycles. The molecule has 1 aromatic heterocycles. The fourth-order valence-electron chi connectivity index (χ4n) is 1.71. The van der Waals surface area contributed by atoms with Crippen molar-refractivity contribution < 1.29 is 18.9 Å². The summed E-state index contributed by atoms with van der Waals surface area (Å²) in [6.07, 6.45) is 4.17. The van der Waals surface area contributed by atoms with Gasteiger partial charge in [0.05, 0.1) is 4.92 Å². The van der Waals surface area contributed by atoms with Gasteiger partial charge in [-0.15, -0.1) is 0 Å². The molecule has 2 rings (SSSR count). The number of non-ortho nitro benzene ring substituents is 1. The third-order valence-corrected chi connectivity index (χ3v) is 2.70. The van der Waals surface area contributed by atoms with Crippen LogP contribution >= 0.6 is 0 Å². The lowest BCUT2D eigenvalue weighted by Crippen LogP contribution is -1.99. The first kappa shape index (κ1) is 15.2. The molecular weight excluding hydrogens is 286 g/mol. The molecule has 0 aliphatic carbocycles. The van der Waals surface area contributed by atoms with Crippen LogP contribution in [0.15, 0.2) is 59.5 Å². The molecule has 1 aromatic carbocycles. The van der Waals surface area contributed by atoms with Crippen molar-refractivity contribution in [2.24, 2.45) is 0 Å². The van der Waals surface area contributed by atoms with Crippen LogP contribution in [0.4, 0.5) is 5.69 Å². The molecule has 2 aromatic rings. The van der Waals surface area contributed by atoms with Gasteiger partial charge in [-0.05, 0) is 18.2 Å². The van der Waals surface area contributed by atoms with Crippen LogP contribution in [0.2, 0.25) is 0 Å². The summed E-state index contributed by atoms with van der Waals surface area (Å²) < 4.78 is 10.3. The summed E-state index contributed by atoms with van der Waals surface area (Å²) in [7, 11) is 0. The summed E-state index contributed by atoms with van der Waals surface area (Å²) in [4.78, 5) is 21.6. The number of carbonyl (C=O) groups excluding carboxylic acids is 1. The lowest BCUT2D eigenvalue weighted by atomic mass is 10.1. The predicted molar refractivity (Wildman–Crippen MR) is 81.0 cm³/mol. The second kappa shape index (κ2) is 7.03. The highest BCUT2D eigenvalue weighted by Gasteiger charge is 2.09. The number of furan rings is 1. The number of nitro groups is 1. The highest BCUT2D eigenvalue weighted by Crippen LogP contribution is 2.26. The monoisotopic (exact) mass is 299 g/mol. The lowest BCUT2D eigenvalue weighted by Gasteiger charge is -1.97. The number of hydrogen-bond acceptors (Lipinski definition) is 5. The first-order valence-electron chi connectivity index (χ1n) is 6.40. The maximum absolute atomic E-state index is 11.3. The summed E-state index contributed by atoms with van der Waals surface area (Å²) in [5.74, 6) is 0.410. The molecule has 6 heteroatoms. The maximum atomic E-state index is 11.3. The van der Waals surface area contributed by atoms with E-state index in [1.54, 1.807) is 24.3 Å². The van der Waals surface area contributed by atoms with Crippen LogP contribution in [0.3, 0.4) is 0 Å². The van der Waals surface area contributed by atoms with Gasteiger partial charge in [-0.2, -0.15) is 0 Å². The van der Waals surface area contributed by atoms with Crippen LogP contribution in [-0.4, -0.2) is 17.5 Å². The average molecular weight is 299 g/mol. The van der Waals surface area contributed by atoms with E-state index in [-0.39, 0.29) is 12.3 Å². The van der Waals surface area contributed by atoms with Gasteiger partial charge >= 0.3 is 5.97 Å². The third kappa shape index (κ3) is 3.92. The van der Waals surface area contributed by atoms with E-state index in [1.165, 1.54) is 30.4 Å². The summed E-state index contributed by atoms with van der Waals surface area (Å²) in [5, 5.41) is 10.8. The smallest absolute Gasteiger partial charge is 0.331 e. The van der Waals surface area contributed by atoms with Crippen LogP contribution in [0.25, 0.3) is 17.4 Å². The molecule has 112 valence electrons. The number of ether oxygens (including phenoxy) is 1. The van der Waals surface area contributed by atoms with Gasteiger partial charge in [-0.25, -0.2) is 4.79 Å². The summed E-state index contributed by atoms with van der Waals surface area (Å²) in [5.41, 5.74) is 0.571. The molecule has 1 heterocycles. The Labute approximate surface area is 126 Å². The number of benzene rings is 1. The molecular formula is C16H13NO5. The number of hydrogen-bond donors (Lipinski definition) is 0. The number of nitrogens with zero attached hydrogens (tertiary/aromatic N) is 1. The Morgan fingerprint density at radius 2 is 2.18 bits per heavy atom. The van der Waals surface area contributed by atoms with Crippen molar-refractivity contribution in [3.8, 4) is 11.3 Å². The number of rotatable bonds is 6. The highest BCUT2D eigenvalue weighted by molar-refractivity contribution is 5.86. The molecule has 0 radical (unpaired) electrons. The number of carbonyl (C=O) groups is 1. The minimum atomic E-state index is -0.506. The second-order valence-electron chi connectivity index (χ2n) is 4.26. The van der Waals surface area contributed by atoms with E-state index in [9.17, 15) is 14.9 Å². The topological polar surface area (TPSA) is 82.6 Å². The van der Waals surface area contributed by atoms with E-state index in [0.717, 1.165) is 0 Å². The van der Waals surface area contributed by atoms with Crippen molar-refractivity contribution in [1.29, 1.82) is 0 Å². The Kier molecular flexibility index (Phi) is 4.87. The first-order valence-corrected chi connectivity index (χ1v) is 6.40. The largest absolute Gasteiger partial charge is 0.458 e. The molecule has 0 aliphatic rings. The van der Waals surface area contributed by atoms with Gasteiger partial charge in [0.2, 0.25) is 0 Å². The third-order valence-electron chi connectivity index (χ3n) is 2.70. The Balaban J connectivity index is 2.13. The van der Waals surface area contributed by atoms with Crippen molar-refractivity contribution in [1.82, 2.24) is 0 Å². The minimum absolute atomic E-state index is 0.0148. The fourth-order valence-corrected chi connectivity index (χ4v) is 1.71. The molecule has 22 heavy (non-hydrogen) atoms. The van der Waals surface area contributed by atoms with Crippen molar-refractivity contribution >= 4 is 17.7 Å². The fraction of sp³-hybridized carbons (Fsp3) is 0.0625. The number of nitro benzene ring substituents is 1. The molecule has 0 atom stereocenters. The average Bonchev–Trinajstić information content (AvgIpc) is 3.00. The maximum Gasteiger partial charge on any atom is 0.331 e. The predicted octanol–water partition coefficient (Wildman–Crippen LogP) is 3.60. The van der Waals surface area contributed by atoms with Gasteiger partial charge < -0.3 is 9.15 Å². The van der Waals surface area contributed by atoms with Gasteiger partial charge in [0.15, 0.2) is 0 Å².